The molecular weight excluding hydrogens is 108 g/mol. The topological polar surface area (TPSA) is 17.1 Å². The minimum atomic E-state index is 0.716. The lowest BCUT2D eigenvalue weighted by Crippen LogP contribution is -1.53. The lowest BCUT2D eigenvalue weighted by atomic mass is 10.5. The Bertz CT molecular complexity index is 94.3. The molecule has 0 aromatic heterocycles. The van der Waals surface area contributed by atoms with Crippen LogP contribution >= 0.6 is 12.6 Å². The number of carbonyl (C=O) groups excluding carboxylic acids is 1. The minimum Gasteiger partial charge on any atom is -0.299 e. The van der Waals surface area contributed by atoms with Gasteiger partial charge in [0, 0.05) is 0 Å². The largest absolute Gasteiger partial charge is 0.299 e. The summed E-state index contributed by atoms with van der Waals surface area (Å²) in [4.78, 5) is 9.53. The van der Waals surface area contributed by atoms with E-state index in [0.717, 1.165) is 0 Å². The third-order valence-corrected chi connectivity index (χ3v) is 0.559. The predicted molar refractivity (Wildman–Crippen MR) is 33.3 cm³/mol. The van der Waals surface area contributed by atoms with Crippen molar-refractivity contribution in [2.45, 2.75) is 0 Å². The zero-order valence-corrected chi connectivity index (χ0v) is 4.64. The number of allylic oxidation sites excluding steroid dienone is 3. The fraction of sp³-hybridized carbons (Fsp3) is 0. The van der Waals surface area contributed by atoms with Gasteiger partial charge in [0.05, 0.1) is 0 Å². The first-order chi connectivity index (χ1) is 3.41. The number of hydrogen-bond acceptors (Lipinski definition) is 2. The molecule has 1 nitrogen and oxygen atoms in total. The van der Waals surface area contributed by atoms with Crippen LogP contribution in [0.5, 0.6) is 0 Å². The maximum atomic E-state index is 9.53. The molecule has 0 spiro atoms. The summed E-state index contributed by atoms with van der Waals surface area (Å²) in [6.07, 6.45) is 5.39. The van der Waals surface area contributed by atoms with Crippen molar-refractivity contribution in [3.63, 3.8) is 0 Å². The Balaban J connectivity index is 3.27. The molecule has 0 aliphatic carbocycles. The molecular formula is C5H6OS. The van der Waals surface area contributed by atoms with Gasteiger partial charge in [-0.2, -0.15) is 12.6 Å². The molecule has 0 bridgehead atoms. The van der Waals surface area contributed by atoms with E-state index in [2.05, 4.69) is 12.6 Å². The van der Waals surface area contributed by atoms with Crippen LogP contribution in [-0.4, -0.2) is 6.29 Å². The number of aldehydes is 1. The van der Waals surface area contributed by atoms with Crippen LogP contribution in [0.3, 0.4) is 0 Å². The first kappa shape index (κ1) is 6.50. The second-order valence-corrected chi connectivity index (χ2v) is 1.16. The second-order valence-electron chi connectivity index (χ2n) is 0.863. The number of thiol groups is 1. The maximum Gasteiger partial charge on any atom is 0.142 e. The van der Waals surface area contributed by atoms with E-state index in [0.29, 0.717) is 6.29 Å². The highest BCUT2D eigenvalue weighted by molar-refractivity contribution is 7.83. The van der Waals surface area contributed by atoms with Crippen LogP contribution in [0.15, 0.2) is 23.6 Å². The quantitative estimate of drug-likeness (QED) is 0.247. The molecule has 0 fully saturated rings. The van der Waals surface area contributed by atoms with Gasteiger partial charge in [-0.15, -0.1) is 0 Å². The van der Waals surface area contributed by atoms with E-state index in [1.54, 1.807) is 17.6 Å². The van der Waals surface area contributed by atoms with Crippen LogP contribution in [0, 0.1) is 0 Å². The molecule has 0 rings (SSSR count). The van der Waals surface area contributed by atoms with E-state index >= 15 is 0 Å². The van der Waals surface area contributed by atoms with E-state index in [1.165, 1.54) is 6.08 Å². The Hall–Kier alpha value is -0.500. The standard InChI is InChI=1S/C5H6OS/c6-4-2-1-3-5-7/h1-5,7H. The van der Waals surface area contributed by atoms with Gasteiger partial charge in [0.25, 0.3) is 0 Å². The molecule has 0 unspecified atom stereocenters. The van der Waals surface area contributed by atoms with Gasteiger partial charge in [0.2, 0.25) is 0 Å². The van der Waals surface area contributed by atoms with Gasteiger partial charge in [0.15, 0.2) is 0 Å². The molecule has 0 aromatic rings. The smallest absolute Gasteiger partial charge is 0.142 e. The highest BCUT2D eigenvalue weighted by Gasteiger charge is 1.56. The summed E-state index contributed by atoms with van der Waals surface area (Å²) in [5.41, 5.74) is 0. The first-order valence-electron chi connectivity index (χ1n) is 1.83. The number of hydrogen-bond donors (Lipinski definition) is 1. The highest BCUT2D eigenvalue weighted by Crippen LogP contribution is 1.76. The van der Waals surface area contributed by atoms with E-state index in [1.807, 2.05) is 0 Å². The molecule has 0 aromatic carbocycles. The molecule has 0 aliphatic heterocycles. The van der Waals surface area contributed by atoms with Crippen molar-refractivity contribution in [3.05, 3.63) is 23.6 Å². The summed E-state index contributed by atoms with van der Waals surface area (Å²) in [7, 11) is 0. The predicted octanol–water partition coefficient (Wildman–Crippen LogP) is 1.18. The second kappa shape index (κ2) is 5.50. The maximum absolute atomic E-state index is 9.53. The van der Waals surface area contributed by atoms with Crippen LogP contribution in [-0.2, 0) is 4.79 Å². The van der Waals surface area contributed by atoms with Crippen LogP contribution in [0.4, 0.5) is 0 Å². The van der Waals surface area contributed by atoms with Crippen LogP contribution < -0.4 is 0 Å². The van der Waals surface area contributed by atoms with Gasteiger partial charge in [-0.1, -0.05) is 12.2 Å². The molecule has 0 aliphatic rings. The summed E-state index contributed by atoms with van der Waals surface area (Å²) < 4.78 is 0. The van der Waals surface area contributed by atoms with E-state index in [4.69, 9.17) is 0 Å². The molecule has 0 amide bonds. The van der Waals surface area contributed by atoms with E-state index in [9.17, 15) is 4.79 Å². The summed E-state index contributed by atoms with van der Waals surface area (Å²) in [6.45, 7) is 0. The summed E-state index contributed by atoms with van der Waals surface area (Å²) >= 11 is 3.75. The van der Waals surface area contributed by atoms with Gasteiger partial charge in [0.1, 0.15) is 6.29 Å². The summed E-state index contributed by atoms with van der Waals surface area (Å²) in [6, 6.07) is 0. The van der Waals surface area contributed by atoms with Gasteiger partial charge in [-0.3, -0.25) is 4.79 Å². The van der Waals surface area contributed by atoms with Crippen molar-refractivity contribution < 1.29 is 4.79 Å². The average molecular weight is 114 g/mol. The normalized spacial score (nSPS) is 11.0. The van der Waals surface area contributed by atoms with E-state index in [-0.39, 0.29) is 0 Å². The molecule has 0 saturated carbocycles. The van der Waals surface area contributed by atoms with Crippen molar-refractivity contribution in [1.82, 2.24) is 0 Å². The van der Waals surface area contributed by atoms with Gasteiger partial charge < -0.3 is 0 Å². The summed E-state index contributed by atoms with van der Waals surface area (Å²) in [5.74, 6) is 0. The Labute approximate surface area is 48.1 Å². The molecule has 0 radical (unpaired) electrons. The molecule has 0 heterocycles. The first-order valence-corrected chi connectivity index (χ1v) is 2.34. The molecule has 38 valence electrons. The number of carbonyl (C=O) groups is 1. The molecule has 0 N–H and O–H groups in total. The molecule has 7 heavy (non-hydrogen) atoms. The zero-order chi connectivity index (χ0) is 5.54. The zero-order valence-electron chi connectivity index (χ0n) is 3.74. The molecule has 0 saturated heterocycles. The van der Waals surface area contributed by atoms with Crippen molar-refractivity contribution in [3.8, 4) is 0 Å². The Kier molecular flexibility index (Phi) is 5.11. The van der Waals surface area contributed by atoms with E-state index < -0.39 is 0 Å². The van der Waals surface area contributed by atoms with Crippen molar-refractivity contribution in [2.75, 3.05) is 0 Å². The lowest BCUT2D eigenvalue weighted by molar-refractivity contribution is -0.104. The highest BCUT2D eigenvalue weighted by atomic mass is 32.1. The SMILES string of the molecule is O=CC=CC=CS. The van der Waals surface area contributed by atoms with Crippen molar-refractivity contribution in [1.29, 1.82) is 0 Å². The Morgan fingerprint density at radius 3 is 2.29 bits per heavy atom. The van der Waals surface area contributed by atoms with Crippen molar-refractivity contribution >= 4 is 18.9 Å². The van der Waals surface area contributed by atoms with Crippen molar-refractivity contribution in [2.24, 2.45) is 0 Å². The summed E-state index contributed by atoms with van der Waals surface area (Å²) in [5, 5.41) is 1.56. The number of rotatable bonds is 2. The lowest BCUT2D eigenvalue weighted by Gasteiger charge is -1.62. The van der Waals surface area contributed by atoms with Gasteiger partial charge in [-0.05, 0) is 11.5 Å². The Morgan fingerprint density at radius 1 is 1.14 bits per heavy atom. The Morgan fingerprint density at radius 2 is 1.86 bits per heavy atom. The third-order valence-electron chi connectivity index (χ3n) is 0.387. The average Bonchev–Trinajstić information content (AvgIpc) is 1.69. The fourth-order valence-electron chi connectivity index (χ4n) is 0.159. The molecule has 2 heteroatoms. The monoisotopic (exact) mass is 114 g/mol. The third kappa shape index (κ3) is 5.50. The van der Waals surface area contributed by atoms with Crippen LogP contribution in [0.1, 0.15) is 0 Å². The van der Waals surface area contributed by atoms with Gasteiger partial charge in [-0.25, -0.2) is 0 Å². The molecule has 0 atom stereocenters. The fourth-order valence-corrected chi connectivity index (χ4v) is 0.259. The van der Waals surface area contributed by atoms with Crippen LogP contribution in [0.2, 0.25) is 0 Å². The van der Waals surface area contributed by atoms with Gasteiger partial charge >= 0.3 is 0 Å². The minimum absolute atomic E-state index is 0.716. The van der Waals surface area contributed by atoms with Crippen LogP contribution in [0.25, 0.3) is 0 Å².